The van der Waals surface area contributed by atoms with Gasteiger partial charge in [0.25, 0.3) is 0 Å². The maximum absolute atomic E-state index is 12.6. The van der Waals surface area contributed by atoms with Crippen LogP contribution in [0.1, 0.15) is 168 Å². The van der Waals surface area contributed by atoms with Gasteiger partial charge in [-0.05, 0) is 38.5 Å². The first kappa shape index (κ1) is 48.5. The number of quaternary nitrogens is 1. The molecule has 2 unspecified atom stereocenters. The summed E-state index contributed by atoms with van der Waals surface area (Å²) in [5.74, 6) is -1.76. The Hall–Kier alpha value is -2.45. The first-order valence-corrected chi connectivity index (χ1v) is 20.5. The van der Waals surface area contributed by atoms with Gasteiger partial charge in [0.05, 0.1) is 40.3 Å². The molecule has 0 aromatic carbocycles. The minimum absolute atomic E-state index is 0.0355. The third kappa shape index (κ3) is 33.2. The van der Waals surface area contributed by atoms with Crippen molar-refractivity contribution in [2.45, 2.75) is 180 Å². The number of carbonyl (C=O) groups excluding carboxylic acids is 3. The molecule has 8 heteroatoms. The van der Waals surface area contributed by atoms with Crippen LogP contribution in [0.4, 0.5) is 0 Å². The van der Waals surface area contributed by atoms with Gasteiger partial charge in [-0.3, -0.25) is 9.59 Å². The van der Waals surface area contributed by atoms with Crippen molar-refractivity contribution in [2.24, 2.45) is 0 Å². The molecule has 0 aromatic rings. The Balaban J connectivity index is 4.36. The Morgan fingerprint density at radius 1 is 0.588 bits per heavy atom. The van der Waals surface area contributed by atoms with Gasteiger partial charge in [0.15, 0.2) is 6.10 Å². The molecule has 0 aliphatic rings. The molecule has 0 amide bonds. The molecule has 0 aromatic heterocycles. The Bertz CT molecular complexity index is 937. The fourth-order valence-electron chi connectivity index (χ4n) is 5.84. The summed E-state index contributed by atoms with van der Waals surface area (Å²) in [6.07, 6.45) is 37.4. The van der Waals surface area contributed by atoms with E-state index < -0.39 is 18.1 Å². The highest BCUT2D eigenvalue weighted by Gasteiger charge is 2.25. The maximum atomic E-state index is 12.6. The summed E-state index contributed by atoms with van der Waals surface area (Å²) >= 11 is 0. The SMILES string of the molecule is CCCCCCC/C=C/C=C/C=C/CCCCCCCC(=O)OCC(COCCC(C(=O)[O-])[N+](C)(C)C)OC(=O)CCCCCCCCCCC. The highest BCUT2D eigenvalue weighted by molar-refractivity contribution is 5.70. The van der Waals surface area contributed by atoms with E-state index in [-0.39, 0.29) is 42.7 Å². The van der Waals surface area contributed by atoms with E-state index in [1.807, 2.05) is 0 Å². The number of ether oxygens (including phenoxy) is 3. The van der Waals surface area contributed by atoms with E-state index in [0.717, 1.165) is 64.2 Å². The zero-order valence-electron chi connectivity index (χ0n) is 33.5. The molecular weight excluding hydrogens is 642 g/mol. The molecule has 0 aliphatic carbocycles. The van der Waals surface area contributed by atoms with Crippen molar-refractivity contribution >= 4 is 17.9 Å². The number of carboxylic acids is 1. The van der Waals surface area contributed by atoms with Crippen molar-refractivity contribution in [2.75, 3.05) is 41.0 Å². The first-order chi connectivity index (χ1) is 24.6. The number of hydrogen-bond donors (Lipinski definition) is 0. The van der Waals surface area contributed by atoms with Gasteiger partial charge in [-0.25, -0.2) is 0 Å². The molecule has 0 saturated heterocycles. The van der Waals surface area contributed by atoms with E-state index in [2.05, 4.69) is 50.3 Å². The number of nitrogens with zero attached hydrogens (tertiary/aromatic N) is 1. The van der Waals surface area contributed by atoms with E-state index in [0.29, 0.717) is 12.8 Å². The van der Waals surface area contributed by atoms with Crippen molar-refractivity contribution in [1.82, 2.24) is 0 Å². The lowest BCUT2D eigenvalue weighted by Crippen LogP contribution is -2.55. The van der Waals surface area contributed by atoms with Crippen LogP contribution in [0.15, 0.2) is 36.5 Å². The predicted molar refractivity (Wildman–Crippen MR) is 208 cm³/mol. The normalized spacial score (nSPS) is 13.4. The van der Waals surface area contributed by atoms with E-state index in [1.165, 1.54) is 70.6 Å². The smallest absolute Gasteiger partial charge is 0.306 e. The second-order valence-corrected chi connectivity index (χ2v) is 14.9. The maximum Gasteiger partial charge on any atom is 0.306 e. The summed E-state index contributed by atoms with van der Waals surface area (Å²) in [6.45, 7) is 4.59. The number of carboxylic acid groups (broad SMARTS) is 1. The number of rotatable bonds is 36. The molecule has 0 bridgehead atoms. The second-order valence-electron chi connectivity index (χ2n) is 14.9. The van der Waals surface area contributed by atoms with E-state index in [9.17, 15) is 19.5 Å². The third-order valence-electron chi connectivity index (χ3n) is 9.09. The average molecular weight is 720 g/mol. The average Bonchev–Trinajstić information content (AvgIpc) is 3.08. The molecule has 51 heavy (non-hydrogen) atoms. The van der Waals surface area contributed by atoms with Crippen LogP contribution < -0.4 is 5.11 Å². The van der Waals surface area contributed by atoms with Gasteiger partial charge in [0.2, 0.25) is 0 Å². The number of carbonyl (C=O) groups is 3. The molecule has 0 aliphatic heterocycles. The van der Waals surface area contributed by atoms with Gasteiger partial charge < -0.3 is 28.6 Å². The number of aliphatic carboxylic acids is 1. The van der Waals surface area contributed by atoms with Gasteiger partial charge >= 0.3 is 11.9 Å². The highest BCUT2D eigenvalue weighted by atomic mass is 16.6. The second kappa shape index (κ2) is 34.6. The predicted octanol–water partition coefficient (Wildman–Crippen LogP) is 9.35. The number of esters is 2. The molecule has 2 atom stereocenters. The molecule has 0 spiro atoms. The Morgan fingerprint density at radius 3 is 1.51 bits per heavy atom. The zero-order chi connectivity index (χ0) is 37.8. The molecular formula is C43H77NO7. The summed E-state index contributed by atoms with van der Waals surface area (Å²) in [6, 6.07) is -0.726. The highest BCUT2D eigenvalue weighted by Crippen LogP contribution is 2.13. The van der Waals surface area contributed by atoms with Crippen LogP contribution in [0.2, 0.25) is 0 Å². The first-order valence-electron chi connectivity index (χ1n) is 20.5. The number of unbranched alkanes of at least 4 members (excludes halogenated alkanes) is 18. The van der Waals surface area contributed by atoms with Crippen LogP contribution in [0, 0.1) is 0 Å². The fraction of sp³-hybridized carbons (Fsp3) is 0.791. The molecule has 0 fully saturated rings. The number of allylic oxidation sites excluding steroid dienone is 6. The van der Waals surface area contributed by atoms with Gasteiger partial charge in [0.1, 0.15) is 12.6 Å². The van der Waals surface area contributed by atoms with Crippen molar-refractivity contribution in [3.05, 3.63) is 36.5 Å². The van der Waals surface area contributed by atoms with Crippen molar-refractivity contribution < 1.29 is 38.2 Å². The third-order valence-corrected chi connectivity index (χ3v) is 9.09. The zero-order valence-corrected chi connectivity index (χ0v) is 33.5. The minimum Gasteiger partial charge on any atom is -0.544 e. The number of hydrogen-bond acceptors (Lipinski definition) is 7. The Labute approximate surface area is 313 Å². The summed E-state index contributed by atoms with van der Waals surface area (Å²) < 4.78 is 17.1. The molecule has 0 N–H and O–H groups in total. The van der Waals surface area contributed by atoms with Crippen LogP contribution in [0.5, 0.6) is 0 Å². The van der Waals surface area contributed by atoms with Crippen LogP contribution in [0.3, 0.4) is 0 Å². The van der Waals surface area contributed by atoms with Crippen molar-refractivity contribution in [1.29, 1.82) is 0 Å². The quantitative estimate of drug-likeness (QED) is 0.0275. The lowest BCUT2D eigenvalue weighted by molar-refractivity contribution is -0.889. The molecule has 296 valence electrons. The fourth-order valence-corrected chi connectivity index (χ4v) is 5.84. The van der Waals surface area contributed by atoms with E-state index >= 15 is 0 Å². The summed E-state index contributed by atoms with van der Waals surface area (Å²) in [4.78, 5) is 36.6. The Morgan fingerprint density at radius 2 is 1.04 bits per heavy atom. The Kier molecular flexibility index (Phi) is 33.0. The van der Waals surface area contributed by atoms with Crippen LogP contribution >= 0.6 is 0 Å². The minimum atomic E-state index is -1.13. The standard InChI is InChI=1S/C43H77NO7/c1-6-8-10-12-14-16-17-18-19-20-21-22-23-24-26-27-29-31-33-41(45)50-38-39(37-49-36-35-40(43(47)48)44(3,4)5)51-42(46)34-32-30-28-25-15-13-11-9-7-2/h17-22,39-40H,6-16,23-38H2,1-5H3/b18-17+,20-19+,22-21+. The van der Waals surface area contributed by atoms with Gasteiger partial charge in [-0.1, -0.05) is 147 Å². The van der Waals surface area contributed by atoms with E-state index in [4.69, 9.17) is 14.2 Å². The molecule has 0 rings (SSSR count). The van der Waals surface area contributed by atoms with E-state index in [1.54, 1.807) is 21.1 Å². The van der Waals surface area contributed by atoms with Crippen LogP contribution in [-0.2, 0) is 28.6 Å². The van der Waals surface area contributed by atoms with Crippen LogP contribution in [0.25, 0.3) is 0 Å². The lowest BCUT2D eigenvalue weighted by atomic mass is 10.1. The largest absolute Gasteiger partial charge is 0.544 e. The summed E-state index contributed by atoms with van der Waals surface area (Å²) in [5.41, 5.74) is 0. The molecule has 8 nitrogen and oxygen atoms in total. The summed E-state index contributed by atoms with van der Waals surface area (Å²) in [7, 11) is 5.39. The lowest BCUT2D eigenvalue weighted by Gasteiger charge is -2.34. The van der Waals surface area contributed by atoms with Gasteiger partial charge in [-0.15, -0.1) is 0 Å². The molecule has 0 heterocycles. The van der Waals surface area contributed by atoms with Crippen molar-refractivity contribution in [3.8, 4) is 0 Å². The molecule has 0 saturated carbocycles. The van der Waals surface area contributed by atoms with Gasteiger partial charge in [-0.2, -0.15) is 0 Å². The number of likely N-dealkylation sites (N-methyl/N-ethyl adjacent to an activating group) is 1. The monoisotopic (exact) mass is 720 g/mol. The summed E-state index contributed by atoms with van der Waals surface area (Å²) in [5, 5.41) is 11.6. The molecule has 0 radical (unpaired) electrons. The van der Waals surface area contributed by atoms with Crippen LogP contribution in [-0.4, -0.2) is 75.5 Å². The topological polar surface area (TPSA) is 102 Å². The van der Waals surface area contributed by atoms with Gasteiger partial charge in [0, 0.05) is 19.3 Å². The van der Waals surface area contributed by atoms with Crippen molar-refractivity contribution in [3.63, 3.8) is 0 Å².